The molecule has 0 bridgehead atoms. The summed E-state index contributed by atoms with van der Waals surface area (Å²) >= 11 is 3.52. The number of nitrogens with one attached hydrogen (secondary N) is 1. The third-order valence-corrected chi connectivity index (χ3v) is 3.24. The molecule has 0 atom stereocenters. The topological polar surface area (TPSA) is 63.6 Å². The van der Waals surface area contributed by atoms with Crippen LogP contribution < -0.4 is 5.32 Å². The molecule has 2 rings (SSSR count). The number of nitrogens with zero attached hydrogens (tertiary/aromatic N) is 4. The molecular formula is C12H14BrN5. The van der Waals surface area contributed by atoms with E-state index in [1.807, 2.05) is 7.05 Å². The minimum Gasteiger partial charge on any atom is -0.372 e. The van der Waals surface area contributed by atoms with Gasteiger partial charge in [0.1, 0.15) is 5.82 Å². The largest absolute Gasteiger partial charge is 0.372 e. The summed E-state index contributed by atoms with van der Waals surface area (Å²) in [4.78, 5) is 17.3. The molecule has 0 saturated heterocycles. The van der Waals surface area contributed by atoms with Crippen LogP contribution in [0.25, 0.3) is 11.6 Å². The normalized spacial score (nSPS) is 10.4. The molecule has 0 aliphatic heterocycles. The highest BCUT2D eigenvalue weighted by Gasteiger charge is 2.13. The molecular weight excluding hydrogens is 294 g/mol. The molecule has 0 saturated carbocycles. The maximum atomic E-state index is 4.52. The number of hydrogen-bond acceptors (Lipinski definition) is 5. The van der Waals surface area contributed by atoms with E-state index in [9.17, 15) is 0 Å². The van der Waals surface area contributed by atoms with Crippen molar-refractivity contribution in [2.45, 2.75) is 19.8 Å². The van der Waals surface area contributed by atoms with Gasteiger partial charge in [-0.05, 0) is 28.4 Å². The van der Waals surface area contributed by atoms with Crippen LogP contribution in [0.2, 0.25) is 0 Å². The monoisotopic (exact) mass is 307 g/mol. The molecule has 5 nitrogen and oxygen atoms in total. The molecule has 0 aliphatic carbocycles. The van der Waals surface area contributed by atoms with E-state index in [1.54, 1.807) is 18.5 Å². The summed E-state index contributed by atoms with van der Waals surface area (Å²) in [6, 6.07) is 1.77. The van der Waals surface area contributed by atoms with Gasteiger partial charge in [-0.25, -0.2) is 19.9 Å². The van der Waals surface area contributed by atoms with Crippen molar-refractivity contribution in [1.29, 1.82) is 0 Å². The highest BCUT2D eigenvalue weighted by atomic mass is 79.9. The lowest BCUT2D eigenvalue weighted by Crippen LogP contribution is -2.04. The number of anilines is 1. The van der Waals surface area contributed by atoms with Crippen molar-refractivity contribution in [1.82, 2.24) is 19.9 Å². The Labute approximate surface area is 114 Å². The molecule has 94 valence electrons. The molecule has 6 heteroatoms. The molecule has 0 amide bonds. The van der Waals surface area contributed by atoms with Gasteiger partial charge in [0.15, 0.2) is 11.6 Å². The second kappa shape index (κ2) is 5.86. The molecule has 1 N–H and O–H groups in total. The Bertz CT molecular complexity index is 529. The van der Waals surface area contributed by atoms with Gasteiger partial charge in [-0.15, -0.1) is 0 Å². The van der Waals surface area contributed by atoms with E-state index in [0.29, 0.717) is 11.6 Å². The van der Waals surface area contributed by atoms with Gasteiger partial charge >= 0.3 is 0 Å². The first kappa shape index (κ1) is 12.9. The second-order valence-electron chi connectivity index (χ2n) is 3.73. The number of aryl methyl sites for hydroxylation is 1. The van der Waals surface area contributed by atoms with Gasteiger partial charge in [0.25, 0.3) is 0 Å². The first-order valence-electron chi connectivity index (χ1n) is 5.77. The highest BCUT2D eigenvalue weighted by molar-refractivity contribution is 9.10. The summed E-state index contributed by atoms with van der Waals surface area (Å²) in [5.74, 6) is 1.85. The van der Waals surface area contributed by atoms with Crippen LogP contribution in [0.3, 0.4) is 0 Å². The lowest BCUT2D eigenvalue weighted by atomic mass is 10.2. The average Bonchev–Trinajstić information content (AvgIpc) is 2.42. The van der Waals surface area contributed by atoms with Gasteiger partial charge in [-0.1, -0.05) is 13.3 Å². The Morgan fingerprint density at radius 1 is 1.17 bits per heavy atom. The Morgan fingerprint density at radius 2 is 1.89 bits per heavy atom. The van der Waals surface area contributed by atoms with Crippen molar-refractivity contribution in [2.24, 2.45) is 0 Å². The van der Waals surface area contributed by atoms with Crippen molar-refractivity contribution in [2.75, 3.05) is 12.4 Å². The molecule has 0 fully saturated rings. The van der Waals surface area contributed by atoms with E-state index < -0.39 is 0 Å². The van der Waals surface area contributed by atoms with Crippen LogP contribution >= 0.6 is 15.9 Å². The Balaban J connectivity index is 2.52. The molecule has 0 spiro atoms. The molecule has 2 heterocycles. The van der Waals surface area contributed by atoms with E-state index in [1.165, 1.54) is 0 Å². The maximum absolute atomic E-state index is 4.52. The maximum Gasteiger partial charge on any atom is 0.200 e. The summed E-state index contributed by atoms with van der Waals surface area (Å²) in [7, 11) is 1.83. The Morgan fingerprint density at radius 3 is 2.50 bits per heavy atom. The molecule has 18 heavy (non-hydrogen) atoms. The fourth-order valence-electron chi connectivity index (χ4n) is 1.58. The first-order valence-corrected chi connectivity index (χ1v) is 6.57. The van der Waals surface area contributed by atoms with Gasteiger partial charge < -0.3 is 5.32 Å². The summed E-state index contributed by atoms with van der Waals surface area (Å²) in [6.45, 7) is 2.12. The lowest BCUT2D eigenvalue weighted by molar-refractivity contribution is 0.865. The summed E-state index contributed by atoms with van der Waals surface area (Å²) < 4.78 is 0.909. The van der Waals surface area contributed by atoms with Crippen LogP contribution in [0.5, 0.6) is 0 Å². The fourth-order valence-corrected chi connectivity index (χ4v) is 2.15. The zero-order valence-corrected chi connectivity index (χ0v) is 11.9. The molecule has 0 unspecified atom stereocenters. The van der Waals surface area contributed by atoms with E-state index in [2.05, 4.69) is 48.1 Å². The van der Waals surface area contributed by atoms with Crippen molar-refractivity contribution < 1.29 is 0 Å². The van der Waals surface area contributed by atoms with E-state index >= 15 is 0 Å². The predicted molar refractivity (Wildman–Crippen MR) is 74.3 cm³/mol. The summed E-state index contributed by atoms with van der Waals surface area (Å²) in [6.07, 6.45) is 5.28. The van der Waals surface area contributed by atoms with Crippen molar-refractivity contribution in [3.8, 4) is 11.6 Å². The van der Waals surface area contributed by atoms with Crippen molar-refractivity contribution in [3.05, 3.63) is 28.6 Å². The zero-order chi connectivity index (χ0) is 13.0. The van der Waals surface area contributed by atoms with E-state index in [0.717, 1.165) is 28.8 Å². The predicted octanol–water partition coefficient (Wildman–Crippen LogP) is 2.69. The van der Waals surface area contributed by atoms with Gasteiger partial charge in [0, 0.05) is 19.4 Å². The number of aromatic nitrogens is 4. The number of halogens is 1. The second-order valence-corrected chi connectivity index (χ2v) is 4.52. The molecule has 0 radical (unpaired) electrons. The van der Waals surface area contributed by atoms with Crippen LogP contribution in [0.4, 0.5) is 5.82 Å². The minimum absolute atomic E-state index is 0.541. The van der Waals surface area contributed by atoms with Crippen LogP contribution in [0, 0.1) is 0 Å². The van der Waals surface area contributed by atoms with Crippen LogP contribution in [0.1, 0.15) is 19.0 Å². The molecule has 0 aliphatic rings. The lowest BCUT2D eigenvalue weighted by Gasteiger charge is -2.09. The van der Waals surface area contributed by atoms with Crippen molar-refractivity contribution >= 4 is 21.7 Å². The third-order valence-electron chi connectivity index (χ3n) is 2.41. The van der Waals surface area contributed by atoms with Crippen LogP contribution in [0.15, 0.2) is 22.9 Å². The Kier molecular flexibility index (Phi) is 4.19. The minimum atomic E-state index is 0.541. The van der Waals surface area contributed by atoms with Crippen molar-refractivity contribution in [3.63, 3.8) is 0 Å². The SMILES string of the molecule is CCCc1nc(-c2ncccn2)nc(NC)c1Br. The smallest absolute Gasteiger partial charge is 0.200 e. The summed E-state index contributed by atoms with van der Waals surface area (Å²) in [5.41, 5.74) is 0.972. The quantitative estimate of drug-likeness (QED) is 0.941. The van der Waals surface area contributed by atoms with Gasteiger partial charge in [-0.3, -0.25) is 0 Å². The highest BCUT2D eigenvalue weighted by Crippen LogP contribution is 2.26. The standard InChI is InChI=1S/C12H14BrN5/c1-3-5-8-9(13)10(14-2)18-12(17-8)11-15-6-4-7-16-11/h4,6-7H,3,5H2,1-2H3,(H,14,17,18). The first-order chi connectivity index (χ1) is 8.76. The van der Waals surface area contributed by atoms with Gasteiger partial charge in [-0.2, -0.15) is 0 Å². The fraction of sp³-hybridized carbons (Fsp3) is 0.333. The van der Waals surface area contributed by atoms with Crippen LogP contribution in [-0.2, 0) is 6.42 Å². The number of hydrogen-bond donors (Lipinski definition) is 1. The molecule has 0 aromatic carbocycles. The number of rotatable bonds is 4. The molecule has 2 aromatic heterocycles. The zero-order valence-electron chi connectivity index (χ0n) is 10.3. The Hall–Kier alpha value is -1.56. The van der Waals surface area contributed by atoms with E-state index in [4.69, 9.17) is 0 Å². The molecule has 2 aromatic rings. The van der Waals surface area contributed by atoms with Gasteiger partial charge in [0.2, 0.25) is 0 Å². The summed E-state index contributed by atoms with van der Waals surface area (Å²) in [5, 5.41) is 3.05. The van der Waals surface area contributed by atoms with Crippen LogP contribution in [-0.4, -0.2) is 27.0 Å². The van der Waals surface area contributed by atoms with E-state index in [-0.39, 0.29) is 0 Å². The van der Waals surface area contributed by atoms with Gasteiger partial charge in [0.05, 0.1) is 10.2 Å². The third kappa shape index (κ3) is 2.64. The average molecular weight is 308 g/mol.